The Morgan fingerprint density at radius 1 is 1.59 bits per heavy atom. The fraction of sp³-hybridized carbons (Fsp3) is 0.462. The number of alkyl halides is 1. The zero-order valence-electron chi connectivity index (χ0n) is 9.90. The lowest BCUT2D eigenvalue weighted by Gasteiger charge is -2.26. The van der Waals surface area contributed by atoms with Crippen LogP contribution in [-0.4, -0.2) is 19.7 Å². The Bertz CT molecular complexity index is 431. The molecule has 92 valence electrons. The van der Waals surface area contributed by atoms with E-state index >= 15 is 0 Å². The second kappa shape index (κ2) is 5.19. The second-order valence-corrected chi connectivity index (χ2v) is 5.14. The van der Waals surface area contributed by atoms with E-state index in [4.69, 9.17) is 9.47 Å². The van der Waals surface area contributed by atoms with Crippen LogP contribution in [-0.2, 0) is 20.9 Å². The minimum atomic E-state index is -0.400. The van der Waals surface area contributed by atoms with Gasteiger partial charge in [-0.25, -0.2) is 0 Å². The van der Waals surface area contributed by atoms with E-state index in [1.165, 1.54) is 12.7 Å². The van der Waals surface area contributed by atoms with Crippen molar-refractivity contribution in [3.8, 4) is 0 Å². The highest BCUT2D eigenvalue weighted by Crippen LogP contribution is 2.36. The summed E-state index contributed by atoms with van der Waals surface area (Å²) in [4.78, 5) is 11.2. The minimum Gasteiger partial charge on any atom is -0.468 e. The molecule has 0 radical (unpaired) electrons. The van der Waals surface area contributed by atoms with Gasteiger partial charge in [0.1, 0.15) is 4.83 Å². The number of rotatable bonds is 2. The van der Waals surface area contributed by atoms with Gasteiger partial charge in [-0.3, -0.25) is 4.79 Å². The number of esters is 1. The summed E-state index contributed by atoms with van der Waals surface area (Å²) in [6, 6.07) is 5.97. The third-order valence-corrected chi connectivity index (χ3v) is 3.90. The van der Waals surface area contributed by atoms with Crippen molar-refractivity contribution < 1.29 is 14.3 Å². The maximum atomic E-state index is 11.6. The molecule has 0 aromatic heterocycles. The molecule has 0 bridgehead atoms. The van der Waals surface area contributed by atoms with E-state index < -0.39 is 4.83 Å². The second-order valence-electron chi connectivity index (χ2n) is 4.22. The Hall–Kier alpha value is -0.870. The average Bonchev–Trinajstić information content (AvgIpc) is 2.36. The molecule has 1 aromatic rings. The molecule has 17 heavy (non-hydrogen) atoms. The topological polar surface area (TPSA) is 35.5 Å². The smallest absolute Gasteiger partial charge is 0.324 e. The molecule has 1 aliphatic rings. The highest BCUT2D eigenvalue weighted by Gasteiger charge is 2.26. The Morgan fingerprint density at radius 2 is 2.35 bits per heavy atom. The van der Waals surface area contributed by atoms with Crippen LogP contribution in [0.25, 0.3) is 0 Å². The largest absolute Gasteiger partial charge is 0.468 e. The number of benzene rings is 1. The van der Waals surface area contributed by atoms with E-state index in [1.807, 2.05) is 18.2 Å². The molecule has 0 aliphatic carbocycles. The molecular weight excluding hydrogens is 284 g/mol. The molecule has 0 spiro atoms. The van der Waals surface area contributed by atoms with Gasteiger partial charge in [0, 0.05) is 5.92 Å². The molecule has 1 aromatic carbocycles. The van der Waals surface area contributed by atoms with Crippen LogP contribution in [0.2, 0.25) is 0 Å². The predicted molar refractivity (Wildman–Crippen MR) is 68.2 cm³/mol. The first-order chi connectivity index (χ1) is 8.15. The predicted octanol–water partition coefficient (Wildman–Crippen LogP) is 2.93. The molecule has 4 heteroatoms. The van der Waals surface area contributed by atoms with Crippen molar-refractivity contribution in [2.75, 3.05) is 13.7 Å². The van der Waals surface area contributed by atoms with Gasteiger partial charge in [0.2, 0.25) is 0 Å². The lowest BCUT2D eigenvalue weighted by atomic mass is 9.88. The molecular formula is C13H15BrO3. The minimum absolute atomic E-state index is 0.267. The SMILES string of the molecule is COC(=O)C(Br)c1cccc2c1[C@@H](C)COC2. The van der Waals surface area contributed by atoms with Gasteiger partial charge in [-0.1, -0.05) is 41.1 Å². The summed E-state index contributed by atoms with van der Waals surface area (Å²) >= 11 is 3.40. The molecule has 3 nitrogen and oxygen atoms in total. The van der Waals surface area contributed by atoms with Crippen LogP contribution >= 0.6 is 15.9 Å². The Morgan fingerprint density at radius 3 is 3.06 bits per heavy atom. The first-order valence-electron chi connectivity index (χ1n) is 5.56. The fourth-order valence-corrected chi connectivity index (χ4v) is 2.83. The number of fused-ring (bicyclic) bond motifs is 1. The number of hydrogen-bond acceptors (Lipinski definition) is 3. The molecule has 1 heterocycles. The number of carbonyl (C=O) groups excluding carboxylic acids is 1. The number of methoxy groups -OCH3 is 1. The van der Waals surface area contributed by atoms with Gasteiger partial charge in [-0.05, 0) is 16.7 Å². The zero-order chi connectivity index (χ0) is 12.4. The summed E-state index contributed by atoms with van der Waals surface area (Å²) in [5.41, 5.74) is 3.37. The molecule has 0 N–H and O–H groups in total. The van der Waals surface area contributed by atoms with Crippen LogP contribution in [0.15, 0.2) is 18.2 Å². The molecule has 0 amide bonds. The quantitative estimate of drug-likeness (QED) is 0.622. The van der Waals surface area contributed by atoms with Crippen molar-refractivity contribution >= 4 is 21.9 Å². The summed E-state index contributed by atoms with van der Waals surface area (Å²) in [7, 11) is 1.40. The van der Waals surface area contributed by atoms with Crippen molar-refractivity contribution in [1.82, 2.24) is 0 Å². The molecule has 0 fully saturated rings. The lowest BCUT2D eigenvalue weighted by molar-refractivity contribution is -0.139. The normalized spacial score (nSPS) is 20.5. The Kier molecular flexibility index (Phi) is 3.84. The monoisotopic (exact) mass is 298 g/mol. The molecule has 1 aliphatic heterocycles. The summed E-state index contributed by atoms with van der Waals surface area (Å²) in [6.07, 6.45) is 0. The van der Waals surface area contributed by atoms with E-state index in [9.17, 15) is 4.79 Å². The van der Waals surface area contributed by atoms with Gasteiger partial charge in [0.05, 0.1) is 20.3 Å². The number of halogens is 1. The van der Waals surface area contributed by atoms with Crippen LogP contribution in [0.3, 0.4) is 0 Å². The third-order valence-electron chi connectivity index (χ3n) is 3.03. The fourth-order valence-electron chi connectivity index (χ4n) is 2.24. The van der Waals surface area contributed by atoms with Gasteiger partial charge >= 0.3 is 5.97 Å². The van der Waals surface area contributed by atoms with Crippen molar-refractivity contribution in [1.29, 1.82) is 0 Å². The number of carbonyl (C=O) groups is 1. The first-order valence-corrected chi connectivity index (χ1v) is 6.48. The van der Waals surface area contributed by atoms with Gasteiger partial charge in [0.25, 0.3) is 0 Å². The van der Waals surface area contributed by atoms with Crippen molar-refractivity contribution in [2.24, 2.45) is 0 Å². The van der Waals surface area contributed by atoms with Crippen LogP contribution < -0.4 is 0 Å². The van der Waals surface area contributed by atoms with Crippen molar-refractivity contribution in [3.05, 3.63) is 34.9 Å². The summed E-state index contributed by atoms with van der Waals surface area (Å²) in [6.45, 7) is 3.43. The average molecular weight is 299 g/mol. The van der Waals surface area contributed by atoms with E-state index in [0.29, 0.717) is 19.1 Å². The zero-order valence-corrected chi connectivity index (χ0v) is 11.5. The van der Waals surface area contributed by atoms with Crippen LogP contribution in [0.1, 0.15) is 34.4 Å². The Labute approximate surface area is 109 Å². The van der Waals surface area contributed by atoms with Gasteiger partial charge in [0.15, 0.2) is 0 Å². The summed E-state index contributed by atoms with van der Waals surface area (Å²) in [5, 5.41) is 0. The van der Waals surface area contributed by atoms with E-state index in [0.717, 1.165) is 11.1 Å². The highest BCUT2D eigenvalue weighted by molar-refractivity contribution is 9.09. The lowest BCUT2D eigenvalue weighted by Crippen LogP contribution is -2.19. The standard InChI is InChI=1S/C13H15BrO3/c1-8-6-17-7-9-4-3-5-10(11(8)9)12(14)13(15)16-2/h3-5,8,12H,6-7H2,1-2H3/t8-,12?/m0/s1. The number of ether oxygens (including phenoxy) is 2. The molecule has 0 saturated carbocycles. The van der Waals surface area contributed by atoms with Crippen LogP contribution in [0, 0.1) is 0 Å². The van der Waals surface area contributed by atoms with Crippen LogP contribution in [0.5, 0.6) is 0 Å². The first kappa shape index (κ1) is 12.6. The van der Waals surface area contributed by atoms with E-state index in [-0.39, 0.29) is 5.97 Å². The third kappa shape index (κ3) is 2.38. The molecule has 1 unspecified atom stereocenters. The van der Waals surface area contributed by atoms with E-state index in [2.05, 4.69) is 22.9 Å². The van der Waals surface area contributed by atoms with Gasteiger partial charge in [-0.2, -0.15) is 0 Å². The van der Waals surface area contributed by atoms with Gasteiger partial charge < -0.3 is 9.47 Å². The van der Waals surface area contributed by atoms with Crippen molar-refractivity contribution in [3.63, 3.8) is 0 Å². The summed E-state index contributed by atoms with van der Waals surface area (Å²) in [5.74, 6) is 0.0387. The molecule has 2 atom stereocenters. The molecule has 2 rings (SSSR count). The number of hydrogen-bond donors (Lipinski definition) is 0. The van der Waals surface area contributed by atoms with E-state index in [1.54, 1.807) is 0 Å². The maximum absolute atomic E-state index is 11.6. The van der Waals surface area contributed by atoms with Gasteiger partial charge in [-0.15, -0.1) is 0 Å². The maximum Gasteiger partial charge on any atom is 0.324 e. The summed E-state index contributed by atoms with van der Waals surface area (Å²) < 4.78 is 10.3. The van der Waals surface area contributed by atoms with Crippen LogP contribution in [0.4, 0.5) is 0 Å². The molecule has 0 saturated heterocycles. The highest BCUT2D eigenvalue weighted by atomic mass is 79.9. The van der Waals surface area contributed by atoms with Crippen molar-refractivity contribution in [2.45, 2.75) is 24.3 Å². The Balaban J connectivity index is 2.44.